The minimum absolute atomic E-state index is 0.100. The highest BCUT2D eigenvalue weighted by atomic mass is 79.9. The van der Waals surface area contributed by atoms with Gasteiger partial charge in [-0.25, -0.2) is 4.98 Å². The number of amidine groups is 1. The number of halogens is 1. The number of hydrogen-bond acceptors (Lipinski definition) is 5. The van der Waals surface area contributed by atoms with E-state index in [4.69, 9.17) is 15.7 Å². The summed E-state index contributed by atoms with van der Waals surface area (Å²) in [5.74, 6) is 0.484. The Morgan fingerprint density at radius 3 is 2.94 bits per heavy atom. The van der Waals surface area contributed by atoms with Crippen molar-refractivity contribution >= 4 is 21.8 Å². The van der Waals surface area contributed by atoms with E-state index in [0.29, 0.717) is 5.75 Å². The molecule has 0 unspecified atom stereocenters. The van der Waals surface area contributed by atoms with Crippen LogP contribution in [-0.4, -0.2) is 21.0 Å². The van der Waals surface area contributed by atoms with Crippen LogP contribution < -0.4 is 10.5 Å². The Balaban J connectivity index is 2.24. The Bertz CT molecular complexity index is 589. The van der Waals surface area contributed by atoms with Crippen LogP contribution in [0.4, 0.5) is 0 Å². The van der Waals surface area contributed by atoms with E-state index in [1.807, 2.05) is 12.1 Å². The number of nitrogens with two attached hydrogens (primary N) is 1. The van der Waals surface area contributed by atoms with Gasteiger partial charge in [0.25, 0.3) is 0 Å². The van der Waals surface area contributed by atoms with Crippen LogP contribution in [0, 0.1) is 0 Å². The smallest absolute Gasteiger partial charge is 0.322 e. The van der Waals surface area contributed by atoms with E-state index in [0.717, 1.165) is 4.47 Å². The summed E-state index contributed by atoms with van der Waals surface area (Å²) in [6.07, 6.45) is 1.47. The number of aromatic nitrogens is 2. The summed E-state index contributed by atoms with van der Waals surface area (Å²) in [7, 11) is 0. The summed E-state index contributed by atoms with van der Waals surface area (Å²) in [4.78, 5) is 7.94. The van der Waals surface area contributed by atoms with Crippen molar-refractivity contribution in [2.45, 2.75) is 0 Å². The van der Waals surface area contributed by atoms with Gasteiger partial charge in [0, 0.05) is 10.7 Å². The summed E-state index contributed by atoms with van der Waals surface area (Å²) >= 11 is 3.33. The predicted octanol–water partition coefficient (Wildman–Crippen LogP) is 2.13. The van der Waals surface area contributed by atoms with Crippen molar-refractivity contribution in [1.29, 1.82) is 0 Å². The van der Waals surface area contributed by atoms with Crippen molar-refractivity contribution in [2.75, 3.05) is 0 Å². The van der Waals surface area contributed by atoms with Crippen LogP contribution >= 0.6 is 15.9 Å². The molecule has 1 aromatic carbocycles. The zero-order valence-electron chi connectivity index (χ0n) is 9.12. The molecule has 0 atom stereocenters. The number of ether oxygens (including phenoxy) is 1. The Hall–Kier alpha value is -2.15. The summed E-state index contributed by atoms with van der Waals surface area (Å²) in [5, 5.41) is 11.4. The molecule has 0 amide bonds. The van der Waals surface area contributed by atoms with Crippen LogP contribution in [-0.2, 0) is 0 Å². The molecule has 0 aliphatic heterocycles. The zero-order chi connectivity index (χ0) is 13.0. The number of oxime groups is 1. The Morgan fingerprint density at radius 2 is 2.22 bits per heavy atom. The van der Waals surface area contributed by atoms with Crippen LogP contribution in [0.2, 0.25) is 0 Å². The van der Waals surface area contributed by atoms with Gasteiger partial charge in [0.2, 0.25) is 0 Å². The first-order valence-corrected chi connectivity index (χ1v) is 5.72. The fourth-order valence-corrected chi connectivity index (χ4v) is 1.60. The normalized spacial score (nSPS) is 11.3. The van der Waals surface area contributed by atoms with Crippen LogP contribution in [0.25, 0.3) is 0 Å². The lowest BCUT2D eigenvalue weighted by atomic mass is 10.3. The molecule has 0 saturated heterocycles. The molecule has 0 aliphatic carbocycles. The van der Waals surface area contributed by atoms with E-state index in [9.17, 15) is 0 Å². The Morgan fingerprint density at radius 1 is 1.39 bits per heavy atom. The van der Waals surface area contributed by atoms with Crippen molar-refractivity contribution in [2.24, 2.45) is 10.9 Å². The fourth-order valence-electron chi connectivity index (χ4n) is 1.22. The second-order valence-corrected chi connectivity index (χ2v) is 4.18. The van der Waals surface area contributed by atoms with Crippen LogP contribution in [0.3, 0.4) is 0 Å². The van der Waals surface area contributed by atoms with E-state index < -0.39 is 0 Å². The van der Waals surface area contributed by atoms with Gasteiger partial charge in [0.1, 0.15) is 11.4 Å². The van der Waals surface area contributed by atoms with Gasteiger partial charge in [-0.05, 0) is 24.3 Å². The first-order valence-electron chi connectivity index (χ1n) is 4.93. The van der Waals surface area contributed by atoms with Gasteiger partial charge in [-0.2, -0.15) is 4.98 Å². The Kier molecular flexibility index (Phi) is 3.73. The standard InChI is InChI=1S/C11H9BrN4O2/c12-7-2-1-3-8(6-7)18-11-14-5-4-9(15-11)10(13)16-17/h1-6,17H,(H2,13,16). The molecule has 0 aliphatic rings. The maximum Gasteiger partial charge on any atom is 0.322 e. The van der Waals surface area contributed by atoms with Crippen molar-refractivity contribution in [1.82, 2.24) is 9.97 Å². The van der Waals surface area contributed by atoms with Crippen LogP contribution in [0.5, 0.6) is 11.8 Å². The van der Waals surface area contributed by atoms with E-state index in [1.165, 1.54) is 12.3 Å². The molecule has 0 saturated carbocycles. The molecule has 0 bridgehead atoms. The average molecular weight is 309 g/mol. The van der Waals surface area contributed by atoms with Crippen LogP contribution in [0.1, 0.15) is 5.69 Å². The highest BCUT2D eigenvalue weighted by Gasteiger charge is 2.05. The van der Waals surface area contributed by atoms with E-state index in [1.54, 1.807) is 12.1 Å². The summed E-state index contributed by atoms with van der Waals surface area (Å²) in [5.41, 5.74) is 5.72. The number of benzene rings is 1. The monoisotopic (exact) mass is 308 g/mol. The molecule has 2 aromatic rings. The van der Waals surface area contributed by atoms with E-state index in [-0.39, 0.29) is 17.5 Å². The van der Waals surface area contributed by atoms with Gasteiger partial charge in [-0.15, -0.1) is 0 Å². The first-order chi connectivity index (χ1) is 8.69. The quantitative estimate of drug-likeness (QED) is 0.392. The number of nitrogens with zero attached hydrogens (tertiary/aromatic N) is 3. The summed E-state index contributed by atoms with van der Waals surface area (Å²) < 4.78 is 6.33. The van der Waals surface area contributed by atoms with Crippen molar-refractivity contribution in [3.05, 3.63) is 46.7 Å². The molecule has 3 N–H and O–H groups in total. The fraction of sp³-hybridized carbons (Fsp3) is 0. The van der Waals surface area contributed by atoms with Gasteiger partial charge in [0.05, 0.1) is 0 Å². The molecule has 6 nitrogen and oxygen atoms in total. The van der Waals surface area contributed by atoms with Crippen molar-refractivity contribution < 1.29 is 9.94 Å². The van der Waals surface area contributed by atoms with Gasteiger partial charge in [-0.3, -0.25) is 0 Å². The third-order valence-corrected chi connectivity index (χ3v) is 2.50. The number of hydrogen-bond donors (Lipinski definition) is 2. The maximum absolute atomic E-state index is 8.56. The van der Waals surface area contributed by atoms with Gasteiger partial charge >= 0.3 is 6.01 Å². The van der Waals surface area contributed by atoms with Crippen LogP contribution in [0.15, 0.2) is 46.2 Å². The molecular formula is C11H9BrN4O2. The van der Waals surface area contributed by atoms with Crippen molar-refractivity contribution in [3.63, 3.8) is 0 Å². The lowest BCUT2D eigenvalue weighted by Crippen LogP contribution is -2.15. The second-order valence-electron chi connectivity index (χ2n) is 3.27. The molecule has 18 heavy (non-hydrogen) atoms. The molecule has 92 valence electrons. The minimum atomic E-state index is -0.100. The third-order valence-electron chi connectivity index (χ3n) is 2.01. The van der Waals surface area contributed by atoms with Gasteiger partial charge < -0.3 is 15.7 Å². The molecule has 0 radical (unpaired) electrons. The SMILES string of the molecule is N/C(=N/O)c1ccnc(Oc2cccc(Br)c2)n1. The highest BCUT2D eigenvalue weighted by Crippen LogP contribution is 2.21. The lowest BCUT2D eigenvalue weighted by molar-refractivity contribution is 0.318. The molecule has 2 rings (SSSR count). The van der Waals surface area contributed by atoms with Crippen molar-refractivity contribution in [3.8, 4) is 11.8 Å². The second kappa shape index (κ2) is 5.46. The highest BCUT2D eigenvalue weighted by molar-refractivity contribution is 9.10. The predicted molar refractivity (Wildman–Crippen MR) is 68.8 cm³/mol. The van der Waals surface area contributed by atoms with Gasteiger partial charge in [-0.1, -0.05) is 27.2 Å². The average Bonchev–Trinajstić information content (AvgIpc) is 2.38. The number of rotatable bonds is 3. The molecular weight excluding hydrogens is 300 g/mol. The summed E-state index contributed by atoms with van der Waals surface area (Å²) in [6, 6.07) is 8.89. The zero-order valence-corrected chi connectivity index (χ0v) is 10.7. The molecule has 1 aromatic heterocycles. The topological polar surface area (TPSA) is 93.6 Å². The lowest BCUT2D eigenvalue weighted by Gasteiger charge is -2.04. The van der Waals surface area contributed by atoms with E-state index >= 15 is 0 Å². The summed E-state index contributed by atoms with van der Waals surface area (Å²) in [6.45, 7) is 0. The third kappa shape index (κ3) is 2.95. The maximum atomic E-state index is 8.56. The van der Waals surface area contributed by atoms with E-state index in [2.05, 4.69) is 31.1 Å². The molecule has 0 spiro atoms. The molecule has 0 fully saturated rings. The molecule has 1 heterocycles. The molecule has 7 heteroatoms. The van der Waals surface area contributed by atoms with Gasteiger partial charge in [0.15, 0.2) is 5.84 Å². The first kappa shape index (κ1) is 12.3. The largest absolute Gasteiger partial charge is 0.424 e. The Labute approximate surface area is 111 Å². The minimum Gasteiger partial charge on any atom is -0.424 e.